The SMILES string of the molecule is CC(C)(Sc1cc(C(C)(C)C)c(O)c(C(C)(C)C)c1)C(=O)O. The Hall–Kier alpha value is -1.16. The van der Waals surface area contributed by atoms with E-state index in [2.05, 4.69) is 0 Å². The third kappa shape index (κ3) is 4.19. The van der Waals surface area contributed by atoms with Crippen LogP contribution in [-0.4, -0.2) is 20.9 Å². The highest BCUT2D eigenvalue weighted by molar-refractivity contribution is 8.01. The van der Waals surface area contributed by atoms with Crippen LogP contribution < -0.4 is 0 Å². The Kier molecular flexibility index (Phi) is 4.98. The maximum Gasteiger partial charge on any atom is 0.319 e. The van der Waals surface area contributed by atoms with Gasteiger partial charge in [0.15, 0.2) is 0 Å². The predicted molar refractivity (Wildman–Crippen MR) is 93.1 cm³/mol. The number of carboxylic acids is 1. The fourth-order valence-corrected chi connectivity index (χ4v) is 3.18. The summed E-state index contributed by atoms with van der Waals surface area (Å²) >= 11 is 1.31. The van der Waals surface area contributed by atoms with E-state index in [9.17, 15) is 15.0 Å². The second-order valence-corrected chi connectivity index (χ2v) is 9.98. The van der Waals surface area contributed by atoms with Crippen molar-refractivity contribution < 1.29 is 15.0 Å². The Morgan fingerprint density at radius 1 is 0.909 bits per heavy atom. The van der Waals surface area contributed by atoms with Gasteiger partial charge in [-0.25, -0.2) is 0 Å². The molecule has 3 nitrogen and oxygen atoms in total. The number of benzene rings is 1. The first kappa shape index (κ1) is 18.9. The standard InChI is InChI=1S/C18H28O3S/c1-16(2,3)12-9-11(22-18(7,8)15(20)21)10-13(14(12)19)17(4,5)6/h9-10,19H,1-8H3,(H,20,21). The molecule has 22 heavy (non-hydrogen) atoms. The number of hydrogen-bond acceptors (Lipinski definition) is 3. The lowest BCUT2D eigenvalue weighted by atomic mass is 9.79. The molecule has 0 amide bonds. The van der Waals surface area contributed by atoms with Gasteiger partial charge in [-0.1, -0.05) is 41.5 Å². The van der Waals surface area contributed by atoms with E-state index in [0.29, 0.717) is 5.75 Å². The van der Waals surface area contributed by atoms with Crippen molar-refractivity contribution in [2.24, 2.45) is 0 Å². The average Bonchev–Trinajstić information content (AvgIpc) is 2.27. The highest BCUT2D eigenvalue weighted by atomic mass is 32.2. The molecule has 124 valence electrons. The normalized spacial score (nSPS) is 13.3. The van der Waals surface area contributed by atoms with E-state index in [1.165, 1.54) is 11.8 Å². The summed E-state index contributed by atoms with van der Waals surface area (Å²) in [4.78, 5) is 12.3. The Morgan fingerprint density at radius 3 is 1.55 bits per heavy atom. The van der Waals surface area contributed by atoms with Crippen LogP contribution in [0, 0.1) is 0 Å². The second kappa shape index (κ2) is 5.80. The molecule has 0 aliphatic heterocycles. The summed E-state index contributed by atoms with van der Waals surface area (Å²) in [6.07, 6.45) is 0. The minimum Gasteiger partial charge on any atom is -0.507 e. The first-order valence-corrected chi connectivity index (χ1v) is 8.28. The number of aliphatic carboxylic acids is 1. The van der Waals surface area contributed by atoms with Crippen molar-refractivity contribution in [2.45, 2.75) is 75.9 Å². The summed E-state index contributed by atoms with van der Waals surface area (Å²) in [7, 11) is 0. The molecule has 0 aliphatic rings. The summed E-state index contributed by atoms with van der Waals surface area (Å²) in [6, 6.07) is 3.83. The molecule has 0 spiro atoms. The first-order valence-electron chi connectivity index (χ1n) is 7.46. The Labute approximate surface area is 138 Å². The van der Waals surface area contributed by atoms with Gasteiger partial charge in [0.05, 0.1) is 0 Å². The van der Waals surface area contributed by atoms with Crippen LogP contribution in [0.15, 0.2) is 17.0 Å². The van der Waals surface area contributed by atoms with Gasteiger partial charge in [-0.15, -0.1) is 11.8 Å². The van der Waals surface area contributed by atoms with Crippen molar-refractivity contribution in [3.8, 4) is 5.75 Å². The van der Waals surface area contributed by atoms with Crippen LogP contribution >= 0.6 is 11.8 Å². The number of aromatic hydroxyl groups is 1. The molecular weight excluding hydrogens is 296 g/mol. The molecule has 0 radical (unpaired) electrons. The lowest BCUT2D eigenvalue weighted by Crippen LogP contribution is -2.27. The zero-order valence-electron chi connectivity index (χ0n) is 14.9. The third-order valence-electron chi connectivity index (χ3n) is 3.59. The van der Waals surface area contributed by atoms with Crippen molar-refractivity contribution in [1.82, 2.24) is 0 Å². The number of hydrogen-bond donors (Lipinski definition) is 2. The van der Waals surface area contributed by atoms with Gasteiger partial charge in [0, 0.05) is 16.0 Å². The molecule has 1 aromatic rings. The molecule has 0 fully saturated rings. The number of carbonyl (C=O) groups is 1. The third-order valence-corrected chi connectivity index (χ3v) is 4.74. The lowest BCUT2D eigenvalue weighted by Gasteiger charge is -2.29. The number of phenols is 1. The fraction of sp³-hybridized carbons (Fsp3) is 0.611. The predicted octanol–water partition coefficient (Wildman–Crippen LogP) is 4.94. The minimum atomic E-state index is -0.915. The highest BCUT2D eigenvalue weighted by Crippen LogP contribution is 2.44. The van der Waals surface area contributed by atoms with E-state index in [4.69, 9.17) is 0 Å². The number of phenolic OH excluding ortho intramolecular Hbond substituents is 1. The summed E-state index contributed by atoms with van der Waals surface area (Å²) in [6.45, 7) is 15.7. The fourth-order valence-electron chi connectivity index (χ4n) is 2.15. The van der Waals surface area contributed by atoms with Crippen molar-refractivity contribution >= 4 is 17.7 Å². The zero-order valence-corrected chi connectivity index (χ0v) is 15.7. The van der Waals surface area contributed by atoms with E-state index in [1.807, 2.05) is 53.7 Å². The molecule has 1 aromatic carbocycles. The molecular formula is C18H28O3S. The van der Waals surface area contributed by atoms with Gasteiger partial charge in [-0.05, 0) is 36.8 Å². The lowest BCUT2D eigenvalue weighted by molar-refractivity contribution is -0.138. The summed E-state index contributed by atoms with van der Waals surface area (Å²) < 4.78 is -0.915. The van der Waals surface area contributed by atoms with Gasteiger partial charge in [-0.3, -0.25) is 4.79 Å². The van der Waals surface area contributed by atoms with Gasteiger partial charge in [0.1, 0.15) is 10.5 Å². The second-order valence-electron chi connectivity index (χ2n) is 8.28. The first-order chi connectivity index (χ1) is 9.66. The van der Waals surface area contributed by atoms with E-state index in [1.54, 1.807) is 13.8 Å². The van der Waals surface area contributed by atoms with Crippen molar-refractivity contribution in [3.63, 3.8) is 0 Å². The smallest absolute Gasteiger partial charge is 0.319 e. The van der Waals surface area contributed by atoms with Crippen LogP contribution in [0.3, 0.4) is 0 Å². The Bertz CT molecular complexity index is 540. The van der Waals surface area contributed by atoms with Crippen molar-refractivity contribution in [2.75, 3.05) is 0 Å². The van der Waals surface area contributed by atoms with Crippen LogP contribution in [0.5, 0.6) is 5.75 Å². The van der Waals surface area contributed by atoms with Crippen LogP contribution in [0.2, 0.25) is 0 Å². The van der Waals surface area contributed by atoms with E-state index in [-0.39, 0.29) is 10.8 Å². The highest BCUT2D eigenvalue weighted by Gasteiger charge is 2.31. The van der Waals surface area contributed by atoms with Gasteiger partial charge in [0.25, 0.3) is 0 Å². The van der Waals surface area contributed by atoms with E-state index < -0.39 is 10.7 Å². The summed E-state index contributed by atoms with van der Waals surface area (Å²) in [5, 5.41) is 20.0. The molecule has 0 saturated heterocycles. The maximum atomic E-state index is 11.4. The maximum absolute atomic E-state index is 11.4. The molecule has 0 aliphatic carbocycles. The molecule has 1 rings (SSSR count). The average molecular weight is 324 g/mol. The zero-order chi connectivity index (χ0) is 17.5. The molecule has 2 N–H and O–H groups in total. The number of carboxylic acid groups (broad SMARTS) is 1. The minimum absolute atomic E-state index is 0.214. The number of rotatable bonds is 3. The molecule has 0 bridgehead atoms. The van der Waals surface area contributed by atoms with Gasteiger partial charge < -0.3 is 10.2 Å². The van der Waals surface area contributed by atoms with Crippen LogP contribution in [0.1, 0.15) is 66.5 Å². The van der Waals surface area contributed by atoms with Crippen LogP contribution in [0.25, 0.3) is 0 Å². The summed E-state index contributed by atoms with van der Waals surface area (Å²) in [5.74, 6) is -0.530. The Morgan fingerprint density at radius 2 is 1.27 bits per heavy atom. The van der Waals surface area contributed by atoms with Gasteiger partial charge >= 0.3 is 5.97 Å². The monoisotopic (exact) mass is 324 g/mol. The quantitative estimate of drug-likeness (QED) is 0.773. The van der Waals surface area contributed by atoms with Crippen LogP contribution in [0.4, 0.5) is 0 Å². The van der Waals surface area contributed by atoms with E-state index in [0.717, 1.165) is 16.0 Å². The largest absolute Gasteiger partial charge is 0.507 e. The number of thioether (sulfide) groups is 1. The summed E-state index contributed by atoms with van der Waals surface area (Å²) in [5.41, 5.74) is 1.27. The van der Waals surface area contributed by atoms with Gasteiger partial charge in [-0.2, -0.15) is 0 Å². The van der Waals surface area contributed by atoms with Gasteiger partial charge in [0.2, 0.25) is 0 Å². The molecule has 0 heterocycles. The van der Waals surface area contributed by atoms with Crippen molar-refractivity contribution in [3.05, 3.63) is 23.3 Å². The van der Waals surface area contributed by atoms with E-state index >= 15 is 0 Å². The molecule has 4 heteroatoms. The molecule has 0 saturated carbocycles. The van der Waals surface area contributed by atoms with Crippen molar-refractivity contribution in [1.29, 1.82) is 0 Å². The molecule has 0 aromatic heterocycles. The Balaban J connectivity index is 3.52. The van der Waals surface area contributed by atoms with Crippen LogP contribution in [-0.2, 0) is 15.6 Å². The topological polar surface area (TPSA) is 57.5 Å². The molecule has 0 atom stereocenters. The molecule has 0 unspecified atom stereocenters.